The summed E-state index contributed by atoms with van der Waals surface area (Å²) in [5.41, 5.74) is 14.9. The van der Waals surface area contributed by atoms with Gasteiger partial charge >= 0.3 is 0 Å². The number of carbonyl (C=O) groups is 4. The third-order valence-corrected chi connectivity index (χ3v) is 7.74. The van der Waals surface area contributed by atoms with Crippen molar-refractivity contribution in [3.05, 3.63) is 82.9 Å². The van der Waals surface area contributed by atoms with Crippen molar-refractivity contribution >= 4 is 56.5 Å². The molecule has 6 rings (SSSR count). The van der Waals surface area contributed by atoms with Crippen LogP contribution < -0.4 is 11.5 Å². The van der Waals surface area contributed by atoms with Crippen LogP contribution >= 0.6 is 0 Å². The monoisotopic (exact) mass is 535 g/mol. The number of anilines is 2. The third-order valence-electron chi connectivity index (χ3n) is 7.74. The topological polar surface area (TPSA) is 130 Å². The van der Waals surface area contributed by atoms with Crippen LogP contribution in [0.3, 0.4) is 0 Å². The van der Waals surface area contributed by atoms with E-state index in [4.69, 9.17) is 11.5 Å². The van der Waals surface area contributed by atoms with Gasteiger partial charge in [0.05, 0.1) is 11.1 Å². The Morgan fingerprint density at radius 3 is 1.43 bits per heavy atom. The van der Waals surface area contributed by atoms with Gasteiger partial charge in [0.25, 0.3) is 23.6 Å². The molecule has 9 heteroatoms. The third kappa shape index (κ3) is 4.15. The van der Waals surface area contributed by atoms with Gasteiger partial charge in [-0.15, -0.1) is 0 Å². The molecule has 4 aromatic rings. The summed E-state index contributed by atoms with van der Waals surface area (Å²) >= 11 is 0. The average molecular weight is 536 g/mol. The molecule has 0 unspecified atom stereocenters. The molecule has 4 N–H and O–H groups in total. The van der Waals surface area contributed by atoms with Crippen molar-refractivity contribution in [2.24, 2.45) is 0 Å². The maximum Gasteiger partial charge on any atom is 0.261 e. The predicted molar refractivity (Wildman–Crippen MR) is 154 cm³/mol. The molecule has 0 saturated carbocycles. The first-order valence-electron chi connectivity index (χ1n) is 13.3. The van der Waals surface area contributed by atoms with Crippen LogP contribution in [0.1, 0.15) is 54.3 Å². The Morgan fingerprint density at radius 2 is 1.00 bits per heavy atom. The number of nitrogens with two attached hydrogens (primary N) is 2. The predicted octanol–water partition coefficient (Wildman–Crippen LogP) is 3.76. The number of nitrogen functional groups attached to an aromatic ring is 2. The van der Waals surface area contributed by atoms with E-state index >= 15 is 0 Å². The van der Waals surface area contributed by atoms with Gasteiger partial charge in [0, 0.05) is 46.4 Å². The summed E-state index contributed by atoms with van der Waals surface area (Å²) in [4.78, 5) is 57.3. The van der Waals surface area contributed by atoms with Gasteiger partial charge in [-0.25, -0.2) is 0 Å². The average Bonchev–Trinajstić information content (AvgIpc) is 2.93. The highest BCUT2D eigenvalue weighted by Gasteiger charge is 2.34. The number of nitrogens with zero attached hydrogens (tertiary/aromatic N) is 3. The summed E-state index contributed by atoms with van der Waals surface area (Å²) in [5, 5.41) is 2.87. The second-order valence-electron chi connectivity index (χ2n) is 10.5. The second kappa shape index (κ2) is 9.77. The Bertz CT molecular complexity index is 1620. The van der Waals surface area contributed by atoms with Crippen molar-refractivity contribution in [2.45, 2.75) is 12.8 Å². The molecule has 2 aliphatic rings. The maximum atomic E-state index is 13.2. The molecule has 4 amide bonds. The molecule has 0 radical (unpaired) electrons. The van der Waals surface area contributed by atoms with Gasteiger partial charge in [-0.2, -0.15) is 0 Å². The Morgan fingerprint density at radius 1 is 0.600 bits per heavy atom. The Balaban J connectivity index is 1.06. The van der Waals surface area contributed by atoms with E-state index < -0.39 is 0 Å². The Labute approximate surface area is 230 Å². The summed E-state index contributed by atoms with van der Waals surface area (Å²) in [6.07, 6.45) is 1.16. The molecule has 0 atom stereocenters. The minimum Gasteiger partial charge on any atom is -0.399 e. The van der Waals surface area contributed by atoms with Gasteiger partial charge in [0.15, 0.2) is 0 Å². The lowest BCUT2D eigenvalue weighted by Crippen LogP contribution is -2.42. The normalized spacial score (nSPS) is 14.8. The molecular formula is C31H29N5O4. The molecule has 0 aliphatic carbocycles. The van der Waals surface area contributed by atoms with Gasteiger partial charge in [-0.1, -0.05) is 24.3 Å². The highest BCUT2D eigenvalue weighted by Crippen LogP contribution is 2.33. The number of hydrogen-bond acceptors (Lipinski definition) is 7. The van der Waals surface area contributed by atoms with E-state index in [2.05, 4.69) is 4.90 Å². The zero-order valence-corrected chi connectivity index (χ0v) is 22.1. The van der Waals surface area contributed by atoms with Crippen LogP contribution in [0.2, 0.25) is 0 Å². The molecule has 0 spiro atoms. The van der Waals surface area contributed by atoms with Crippen molar-refractivity contribution in [3.63, 3.8) is 0 Å². The lowest BCUT2D eigenvalue weighted by Gasteiger charge is -2.29. The number of imide groups is 2. The van der Waals surface area contributed by atoms with Crippen molar-refractivity contribution in [1.29, 1.82) is 0 Å². The molecule has 0 aromatic heterocycles. The highest BCUT2D eigenvalue weighted by molar-refractivity contribution is 6.26. The van der Waals surface area contributed by atoms with Crippen LogP contribution in [-0.4, -0.2) is 71.6 Å². The molecule has 4 aromatic carbocycles. The highest BCUT2D eigenvalue weighted by atomic mass is 16.2. The summed E-state index contributed by atoms with van der Waals surface area (Å²) < 4.78 is 0. The van der Waals surface area contributed by atoms with Gasteiger partial charge in [0.2, 0.25) is 0 Å². The number of carbonyl (C=O) groups excluding carboxylic acids is 4. The molecule has 2 aliphatic heterocycles. The first-order valence-corrected chi connectivity index (χ1v) is 13.3. The smallest absolute Gasteiger partial charge is 0.261 e. The lowest BCUT2D eigenvalue weighted by molar-refractivity contribution is 0.0596. The fraction of sp³-hybridized carbons (Fsp3) is 0.226. The van der Waals surface area contributed by atoms with E-state index in [1.807, 2.05) is 19.2 Å². The SMILES string of the molecule is CN(CCCN1C(=O)c2cccc3cc(N)cc(c23)C1=O)CCCN1C(=O)c2cccc3cc(N)cc(c23)C1=O. The van der Waals surface area contributed by atoms with Gasteiger partial charge in [-0.05, 0) is 80.1 Å². The molecular weight excluding hydrogens is 506 g/mol. The molecule has 9 nitrogen and oxygen atoms in total. The minimum atomic E-state index is -0.332. The largest absolute Gasteiger partial charge is 0.399 e. The Hall–Kier alpha value is -4.76. The first-order chi connectivity index (χ1) is 19.2. The van der Waals surface area contributed by atoms with Gasteiger partial charge in [-0.3, -0.25) is 29.0 Å². The van der Waals surface area contributed by atoms with E-state index in [-0.39, 0.29) is 36.7 Å². The maximum absolute atomic E-state index is 13.2. The van der Waals surface area contributed by atoms with Gasteiger partial charge < -0.3 is 16.4 Å². The van der Waals surface area contributed by atoms with Crippen LogP contribution in [0, 0.1) is 0 Å². The van der Waals surface area contributed by atoms with Crippen molar-refractivity contribution in [1.82, 2.24) is 14.7 Å². The van der Waals surface area contributed by atoms with Crippen LogP contribution in [0.15, 0.2) is 60.7 Å². The van der Waals surface area contributed by atoms with E-state index in [0.717, 1.165) is 10.8 Å². The zero-order chi connectivity index (χ0) is 28.1. The van der Waals surface area contributed by atoms with E-state index in [1.165, 1.54) is 9.80 Å². The first kappa shape index (κ1) is 25.5. The Kier molecular flexibility index (Phi) is 6.23. The minimum absolute atomic E-state index is 0.276. The van der Waals surface area contributed by atoms with E-state index in [0.29, 0.717) is 70.3 Å². The quantitative estimate of drug-likeness (QED) is 0.260. The number of benzene rings is 4. The van der Waals surface area contributed by atoms with Crippen molar-refractivity contribution in [2.75, 3.05) is 44.7 Å². The molecule has 40 heavy (non-hydrogen) atoms. The van der Waals surface area contributed by atoms with Crippen LogP contribution in [0.4, 0.5) is 11.4 Å². The fourth-order valence-corrected chi connectivity index (χ4v) is 5.88. The zero-order valence-electron chi connectivity index (χ0n) is 22.1. The fourth-order valence-electron chi connectivity index (χ4n) is 5.88. The number of rotatable bonds is 8. The molecule has 2 heterocycles. The van der Waals surface area contributed by atoms with Crippen molar-refractivity contribution < 1.29 is 19.2 Å². The molecule has 0 fully saturated rings. The van der Waals surface area contributed by atoms with Crippen LogP contribution in [-0.2, 0) is 0 Å². The van der Waals surface area contributed by atoms with E-state index in [9.17, 15) is 19.2 Å². The molecule has 202 valence electrons. The second-order valence-corrected chi connectivity index (χ2v) is 10.5. The summed E-state index contributed by atoms with van der Waals surface area (Å²) in [6, 6.07) is 17.6. The molecule has 0 bridgehead atoms. The lowest BCUT2D eigenvalue weighted by atomic mass is 9.93. The van der Waals surface area contributed by atoms with Crippen LogP contribution in [0.25, 0.3) is 21.5 Å². The standard InChI is InChI=1S/C31H29N5O4/c1-34(10-4-12-35-28(37)22-8-2-6-18-14-20(32)16-24(26(18)22)30(35)39)11-5-13-36-29(38)23-9-3-7-19-15-21(33)17-25(27(19)23)31(36)40/h2-3,6-9,14-17H,4-5,10-13,32-33H2,1H3. The van der Waals surface area contributed by atoms with Crippen molar-refractivity contribution in [3.8, 4) is 0 Å². The van der Waals surface area contributed by atoms with E-state index in [1.54, 1.807) is 48.5 Å². The molecule has 0 saturated heterocycles. The number of amides is 4. The van der Waals surface area contributed by atoms with Crippen LogP contribution in [0.5, 0.6) is 0 Å². The van der Waals surface area contributed by atoms with Gasteiger partial charge in [0.1, 0.15) is 0 Å². The summed E-state index contributed by atoms with van der Waals surface area (Å²) in [7, 11) is 1.94. The summed E-state index contributed by atoms with van der Waals surface area (Å²) in [5.74, 6) is -1.26. The number of hydrogen-bond donors (Lipinski definition) is 2. The summed E-state index contributed by atoms with van der Waals surface area (Å²) in [6.45, 7) is 1.81.